The number of alkyl halides is 3. The molecule has 1 aromatic carbocycles. The van der Waals surface area contributed by atoms with E-state index in [1.807, 2.05) is 11.6 Å². The number of hydrogen-bond donors (Lipinski definition) is 1. The molecule has 1 aliphatic rings. The zero-order valence-electron chi connectivity index (χ0n) is 14.6. The van der Waals surface area contributed by atoms with E-state index in [1.165, 1.54) is 6.07 Å². The highest BCUT2D eigenvalue weighted by molar-refractivity contribution is 5.85. The van der Waals surface area contributed by atoms with Crippen molar-refractivity contribution in [1.82, 2.24) is 14.5 Å². The van der Waals surface area contributed by atoms with Gasteiger partial charge in [-0.3, -0.25) is 4.90 Å². The number of imidazole rings is 1. The number of halogens is 4. The first-order chi connectivity index (χ1) is 11.1. The van der Waals surface area contributed by atoms with Gasteiger partial charge in [-0.2, -0.15) is 13.2 Å². The molecule has 4 nitrogen and oxygen atoms in total. The zero-order valence-corrected chi connectivity index (χ0v) is 15.4. The molecule has 1 saturated heterocycles. The number of nitrogens with two attached hydrogens (primary N) is 1. The largest absolute Gasteiger partial charge is 0.416 e. The summed E-state index contributed by atoms with van der Waals surface area (Å²) < 4.78 is 40.5. The van der Waals surface area contributed by atoms with Crippen molar-refractivity contribution in [3.05, 3.63) is 29.6 Å². The van der Waals surface area contributed by atoms with E-state index in [4.69, 9.17) is 5.73 Å². The number of aryl methyl sites for hydroxylation is 1. The third kappa shape index (κ3) is 3.93. The average Bonchev–Trinajstić information content (AvgIpc) is 2.78. The van der Waals surface area contributed by atoms with Gasteiger partial charge in [0.2, 0.25) is 0 Å². The van der Waals surface area contributed by atoms with Gasteiger partial charge < -0.3 is 10.3 Å². The van der Waals surface area contributed by atoms with Crippen LogP contribution in [0.15, 0.2) is 18.2 Å². The van der Waals surface area contributed by atoms with Gasteiger partial charge in [0.25, 0.3) is 0 Å². The highest BCUT2D eigenvalue weighted by atomic mass is 35.5. The van der Waals surface area contributed by atoms with Crippen LogP contribution >= 0.6 is 12.4 Å². The lowest BCUT2D eigenvalue weighted by Crippen LogP contribution is -2.52. The Hall–Kier alpha value is -1.31. The standard InChI is InChI=1S/C17H23F3N4.ClH/c1-16(2)10-24(7-6-14(16)21)9-15-22-12-8-11(17(18,19)20)4-5-13(12)23(15)3;/h4-5,8,14H,6-7,9-10,21H2,1-3H3;1H. The van der Waals surface area contributed by atoms with Gasteiger partial charge in [0.1, 0.15) is 5.82 Å². The minimum absolute atomic E-state index is 0. The molecular weight excluding hydrogens is 353 g/mol. The van der Waals surface area contributed by atoms with Crippen molar-refractivity contribution in [3.8, 4) is 0 Å². The van der Waals surface area contributed by atoms with Gasteiger partial charge in [0.05, 0.1) is 23.1 Å². The Bertz CT molecular complexity index is 754. The third-order valence-corrected chi connectivity index (χ3v) is 5.06. The van der Waals surface area contributed by atoms with Crippen LogP contribution in [0.3, 0.4) is 0 Å². The second-order valence-electron chi connectivity index (χ2n) is 7.38. The summed E-state index contributed by atoms with van der Waals surface area (Å²) in [4.78, 5) is 6.71. The second kappa shape index (κ2) is 6.78. The highest BCUT2D eigenvalue weighted by Gasteiger charge is 2.34. The van der Waals surface area contributed by atoms with Crippen LogP contribution in [-0.4, -0.2) is 33.6 Å². The van der Waals surface area contributed by atoms with Crippen LogP contribution in [0.5, 0.6) is 0 Å². The number of aromatic nitrogens is 2. The normalized spacial score (nSPS) is 21.3. The first-order valence-corrected chi connectivity index (χ1v) is 8.08. The molecule has 140 valence electrons. The molecular formula is C17H24ClF3N4. The van der Waals surface area contributed by atoms with E-state index in [0.29, 0.717) is 17.6 Å². The van der Waals surface area contributed by atoms with Crippen molar-refractivity contribution in [2.45, 2.75) is 39.0 Å². The van der Waals surface area contributed by atoms with Crippen molar-refractivity contribution in [1.29, 1.82) is 0 Å². The molecule has 8 heteroatoms. The summed E-state index contributed by atoms with van der Waals surface area (Å²) in [5.74, 6) is 0.774. The lowest BCUT2D eigenvalue weighted by molar-refractivity contribution is -0.137. The van der Waals surface area contributed by atoms with E-state index < -0.39 is 11.7 Å². The summed E-state index contributed by atoms with van der Waals surface area (Å²) in [6.45, 7) is 6.64. The summed E-state index contributed by atoms with van der Waals surface area (Å²) in [6, 6.07) is 3.89. The van der Waals surface area contributed by atoms with E-state index in [0.717, 1.165) is 37.5 Å². The van der Waals surface area contributed by atoms with Crippen molar-refractivity contribution in [2.75, 3.05) is 13.1 Å². The second-order valence-corrected chi connectivity index (χ2v) is 7.38. The fraction of sp³-hybridized carbons (Fsp3) is 0.588. The fourth-order valence-electron chi connectivity index (χ4n) is 3.39. The molecule has 0 amide bonds. The fourth-order valence-corrected chi connectivity index (χ4v) is 3.39. The summed E-state index contributed by atoms with van der Waals surface area (Å²) in [7, 11) is 1.85. The molecule has 1 atom stereocenters. The Balaban J connectivity index is 0.00000225. The maximum atomic E-state index is 12.9. The Labute approximate surface area is 151 Å². The van der Waals surface area contributed by atoms with Gasteiger partial charge in [0.15, 0.2) is 0 Å². The van der Waals surface area contributed by atoms with Crippen LogP contribution in [0.25, 0.3) is 11.0 Å². The summed E-state index contributed by atoms with van der Waals surface area (Å²) >= 11 is 0. The van der Waals surface area contributed by atoms with Gasteiger partial charge in [-0.1, -0.05) is 13.8 Å². The molecule has 0 spiro atoms. The Morgan fingerprint density at radius 3 is 2.60 bits per heavy atom. The molecule has 1 unspecified atom stereocenters. The first kappa shape index (κ1) is 20.0. The van der Waals surface area contributed by atoms with Gasteiger partial charge in [-0.25, -0.2) is 4.98 Å². The van der Waals surface area contributed by atoms with E-state index in [9.17, 15) is 13.2 Å². The average molecular weight is 377 g/mol. The molecule has 25 heavy (non-hydrogen) atoms. The summed E-state index contributed by atoms with van der Waals surface area (Å²) in [5, 5.41) is 0. The van der Waals surface area contributed by atoms with Crippen LogP contribution in [0.1, 0.15) is 31.7 Å². The van der Waals surface area contributed by atoms with Crippen LogP contribution in [0, 0.1) is 5.41 Å². The molecule has 2 heterocycles. The van der Waals surface area contributed by atoms with Crippen molar-refractivity contribution in [2.24, 2.45) is 18.2 Å². The Morgan fingerprint density at radius 2 is 2.00 bits per heavy atom. The van der Waals surface area contributed by atoms with Crippen LogP contribution < -0.4 is 5.73 Å². The van der Waals surface area contributed by atoms with Crippen LogP contribution in [0.4, 0.5) is 13.2 Å². The minimum atomic E-state index is -4.35. The van der Waals surface area contributed by atoms with Gasteiger partial charge in [0, 0.05) is 26.2 Å². The molecule has 2 N–H and O–H groups in total. The maximum absolute atomic E-state index is 12.9. The van der Waals surface area contributed by atoms with E-state index >= 15 is 0 Å². The highest BCUT2D eigenvalue weighted by Crippen LogP contribution is 2.32. The summed E-state index contributed by atoms with van der Waals surface area (Å²) in [5.41, 5.74) is 6.62. The smallest absolute Gasteiger partial charge is 0.330 e. The molecule has 1 aliphatic heterocycles. The number of hydrogen-bond acceptors (Lipinski definition) is 3. The van der Waals surface area contributed by atoms with Crippen molar-refractivity contribution in [3.63, 3.8) is 0 Å². The maximum Gasteiger partial charge on any atom is 0.416 e. The molecule has 1 aromatic heterocycles. The number of nitrogens with zero attached hydrogens (tertiary/aromatic N) is 3. The van der Waals surface area contributed by atoms with E-state index in [2.05, 4.69) is 23.7 Å². The predicted octanol–water partition coefficient (Wildman–Crippen LogP) is 3.57. The lowest BCUT2D eigenvalue weighted by atomic mass is 9.80. The molecule has 2 aromatic rings. The molecule has 1 fully saturated rings. The van der Waals surface area contributed by atoms with Gasteiger partial charge in [-0.05, 0) is 30.0 Å². The van der Waals surface area contributed by atoms with Gasteiger partial charge >= 0.3 is 6.18 Å². The van der Waals surface area contributed by atoms with Crippen LogP contribution in [0.2, 0.25) is 0 Å². The minimum Gasteiger partial charge on any atom is -0.330 e. The van der Waals surface area contributed by atoms with Crippen molar-refractivity contribution < 1.29 is 13.2 Å². The third-order valence-electron chi connectivity index (χ3n) is 5.06. The molecule has 0 saturated carbocycles. The van der Waals surface area contributed by atoms with E-state index in [1.54, 1.807) is 0 Å². The van der Waals surface area contributed by atoms with Gasteiger partial charge in [-0.15, -0.1) is 12.4 Å². The topological polar surface area (TPSA) is 47.1 Å². The molecule has 0 bridgehead atoms. The van der Waals surface area contributed by atoms with Crippen LogP contribution in [-0.2, 0) is 19.8 Å². The number of fused-ring (bicyclic) bond motifs is 1. The Morgan fingerprint density at radius 1 is 1.32 bits per heavy atom. The van der Waals surface area contributed by atoms with E-state index in [-0.39, 0.29) is 23.9 Å². The summed E-state index contributed by atoms with van der Waals surface area (Å²) in [6.07, 6.45) is -3.44. The number of likely N-dealkylation sites (tertiary alicyclic amines) is 1. The zero-order chi connectivity index (χ0) is 17.7. The first-order valence-electron chi connectivity index (χ1n) is 8.08. The monoisotopic (exact) mass is 376 g/mol. The SMILES string of the molecule is Cl.Cn1c(CN2CCC(N)C(C)(C)C2)nc2cc(C(F)(F)F)ccc21. The molecule has 0 radical (unpaired) electrons. The number of benzene rings is 1. The van der Waals surface area contributed by atoms with Crippen molar-refractivity contribution >= 4 is 23.4 Å². The number of rotatable bonds is 2. The predicted molar refractivity (Wildman–Crippen MR) is 94.6 cm³/mol. The Kier molecular flexibility index (Phi) is 5.42. The molecule has 0 aliphatic carbocycles. The molecule has 3 rings (SSSR count). The lowest BCUT2D eigenvalue weighted by Gasteiger charge is -2.42. The number of piperidine rings is 1. The quantitative estimate of drug-likeness (QED) is 0.871.